The molecule has 0 spiro atoms. The first-order valence-corrected chi connectivity index (χ1v) is 6.85. The summed E-state index contributed by atoms with van der Waals surface area (Å²) in [5.41, 5.74) is 1.48. The maximum atomic E-state index is 12.6. The van der Waals surface area contributed by atoms with Crippen LogP contribution in [0.5, 0.6) is 0 Å². The summed E-state index contributed by atoms with van der Waals surface area (Å²) in [6.07, 6.45) is -2.92. The summed E-state index contributed by atoms with van der Waals surface area (Å²) in [7, 11) is 0. The average Bonchev–Trinajstić information content (AvgIpc) is 2.40. The number of nitro groups is 1. The Hall–Kier alpha value is -1.79. The molecule has 1 saturated carbocycles. The molecule has 0 radical (unpaired) electrons. The van der Waals surface area contributed by atoms with Crippen molar-refractivity contribution < 1.29 is 18.1 Å². The van der Waals surface area contributed by atoms with E-state index >= 15 is 0 Å². The van der Waals surface area contributed by atoms with Crippen LogP contribution in [0.25, 0.3) is 0 Å². The van der Waals surface area contributed by atoms with Gasteiger partial charge in [-0.2, -0.15) is 13.2 Å². The van der Waals surface area contributed by atoms with Crippen LogP contribution in [0, 0.1) is 23.0 Å². The summed E-state index contributed by atoms with van der Waals surface area (Å²) in [6.45, 7) is 1.75. The normalized spacial score (nSPS) is 22.9. The van der Waals surface area contributed by atoms with Gasteiger partial charge in [-0.05, 0) is 44.2 Å². The molecule has 0 atom stereocenters. The van der Waals surface area contributed by atoms with Crippen molar-refractivity contribution in [2.45, 2.75) is 44.8 Å². The number of rotatable bonds is 3. The van der Waals surface area contributed by atoms with Gasteiger partial charge in [-0.3, -0.25) is 10.1 Å². The van der Waals surface area contributed by atoms with Crippen LogP contribution in [0.15, 0.2) is 18.2 Å². The summed E-state index contributed by atoms with van der Waals surface area (Å²) in [5, 5.41) is 13.9. The molecule has 1 N–H and O–H groups in total. The zero-order chi connectivity index (χ0) is 15.6. The molecule has 0 unspecified atom stereocenters. The van der Waals surface area contributed by atoms with Gasteiger partial charge in [-0.1, -0.05) is 0 Å². The standard InChI is InChI=1S/C14H17F3N2O2/c1-9-8-12(19(20)21)6-7-13(9)18-11-4-2-10(3-5-11)14(15,16)17/h6-8,10-11,18H,2-5H2,1H3. The van der Waals surface area contributed by atoms with Crippen molar-refractivity contribution in [2.75, 3.05) is 5.32 Å². The Kier molecular flexibility index (Phi) is 4.39. The molecule has 1 aliphatic rings. The molecule has 7 heteroatoms. The van der Waals surface area contributed by atoms with E-state index in [1.165, 1.54) is 12.1 Å². The lowest BCUT2D eigenvalue weighted by Gasteiger charge is -2.31. The second kappa shape index (κ2) is 5.91. The summed E-state index contributed by atoms with van der Waals surface area (Å²) in [4.78, 5) is 10.2. The molecule has 21 heavy (non-hydrogen) atoms. The summed E-state index contributed by atoms with van der Waals surface area (Å²) < 4.78 is 37.8. The first kappa shape index (κ1) is 15.6. The van der Waals surface area contributed by atoms with E-state index in [4.69, 9.17) is 0 Å². The molecule has 0 saturated heterocycles. The van der Waals surface area contributed by atoms with E-state index < -0.39 is 17.0 Å². The fraction of sp³-hybridized carbons (Fsp3) is 0.571. The minimum atomic E-state index is -4.10. The molecular weight excluding hydrogens is 285 g/mol. The first-order chi connectivity index (χ1) is 9.77. The summed E-state index contributed by atoms with van der Waals surface area (Å²) in [5.74, 6) is -1.20. The topological polar surface area (TPSA) is 55.2 Å². The largest absolute Gasteiger partial charge is 0.391 e. The number of anilines is 1. The van der Waals surface area contributed by atoms with Crippen LogP contribution >= 0.6 is 0 Å². The SMILES string of the molecule is Cc1cc([N+](=O)[O-])ccc1NC1CCC(C(F)(F)F)CC1. The number of nitrogens with zero attached hydrogens (tertiary/aromatic N) is 1. The van der Waals surface area contributed by atoms with Gasteiger partial charge in [-0.15, -0.1) is 0 Å². The van der Waals surface area contributed by atoms with Crippen molar-refractivity contribution in [3.05, 3.63) is 33.9 Å². The number of halogens is 3. The molecule has 1 aliphatic carbocycles. The second-order valence-corrected chi connectivity index (χ2v) is 5.49. The van der Waals surface area contributed by atoms with Gasteiger partial charge in [0.05, 0.1) is 10.8 Å². The van der Waals surface area contributed by atoms with E-state index in [-0.39, 0.29) is 24.6 Å². The third-order valence-corrected chi connectivity index (χ3v) is 3.97. The zero-order valence-electron chi connectivity index (χ0n) is 11.6. The van der Waals surface area contributed by atoms with Gasteiger partial charge in [0, 0.05) is 23.9 Å². The van der Waals surface area contributed by atoms with E-state index in [9.17, 15) is 23.3 Å². The molecule has 2 rings (SSSR count). The molecule has 1 fully saturated rings. The number of aryl methyl sites for hydroxylation is 1. The molecule has 0 amide bonds. The minimum Gasteiger partial charge on any atom is -0.382 e. The fourth-order valence-electron chi connectivity index (χ4n) is 2.71. The Morgan fingerprint density at radius 2 is 1.86 bits per heavy atom. The van der Waals surface area contributed by atoms with Gasteiger partial charge in [0.25, 0.3) is 5.69 Å². The third-order valence-electron chi connectivity index (χ3n) is 3.97. The van der Waals surface area contributed by atoms with Crippen molar-refractivity contribution in [2.24, 2.45) is 5.92 Å². The van der Waals surface area contributed by atoms with Crippen molar-refractivity contribution in [3.8, 4) is 0 Å². The zero-order valence-corrected chi connectivity index (χ0v) is 11.6. The third kappa shape index (κ3) is 3.86. The molecule has 0 heterocycles. The van der Waals surface area contributed by atoms with Crippen molar-refractivity contribution in [3.63, 3.8) is 0 Å². The molecule has 0 aromatic heterocycles. The summed E-state index contributed by atoms with van der Waals surface area (Å²) >= 11 is 0. The van der Waals surface area contributed by atoms with Crippen molar-refractivity contribution in [1.29, 1.82) is 0 Å². The smallest absolute Gasteiger partial charge is 0.382 e. The molecule has 0 bridgehead atoms. The van der Waals surface area contributed by atoms with E-state index in [2.05, 4.69) is 5.32 Å². The highest BCUT2D eigenvalue weighted by molar-refractivity contribution is 5.55. The monoisotopic (exact) mass is 302 g/mol. The minimum absolute atomic E-state index is 0.0104. The van der Waals surface area contributed by atoms with Crippen molar-refractivity contribution >= 4 is 11.4 Å². The van der Waals surface area contributed by atoms with E-state index in [1.54, 1.807) is 13.0 Å². The number of hydrogen-bond acceptors (Lipinski definition) is 3. The average molecular weight is 302 g/mol. The molecule has 0 aliphatic heterocycles. The maximum absolute atomic E-state index is 12.6. The van der Waals surface area contributed by atoms with Crippen LogP contribution in [-0.2, 0) is 0 Å². The van der Waals surface area contributed by atoms with Crippen LogP contribution in [0.2, 0.25) is 0 Å². The Morgan fingerprint density at radius 1 is 1.24 bits per heavy atom. The maximum Gasteiger partial charge on any atom is 0.391 e. The van der Waals surface area contributed by atoms with Crippen LogP contribution in [0.3, 0.4) is 0 Å². The summed E-state index contributed by atoms with van der Waals surface area (Å²) in [6, 6.07) is 4.47. The Labute approximate surface area is 120 Å². The lowest BCUT2D eigenvalue weighted by molar-refractivity contribution is -0.384. The Morgan fingerprint density at radius 3 is 2.33 bits per heavy atom. The molecule has 1 aromatic rings. The number of non-ortho nitro benzene ring substituents is 1. The number of hydrogen-bond donors (Lipinski definition) is 1. The van der Waals surface area contributed by atoms with E-state index in [1.807, 2.05) is 0 Å². The Balaban J connectivity index is 1.96. The van der Waals surface area contributed by atoms with Crippen LogP contribution in [0.4, 0.5) is 24.5 Å². The second-order valence-electron chi connectivity index (χ2n) is 5.49. The highest BCUT2D eigenvalue weighted by Crippen LogP contribution is 2.38. The molecule has 116 valence electrons. The van der Waals surface area contributed by atoms with E-state index in [0.717, 1.165) is 11.3 Å². The van der Waals surface area contributed by atoms with Gasteiger partial charge < -0.3 is 5.32 Å². The lowest BCUT2D eigenvalue weighted by atomic mass is 9.85. The molecular formula is C14H17F3N2O2. The van der Waals surface area contributed by atoms with Gasteiger partial charge in [0.15, 0.2) is 0 Å². The highest BCUT2D eigenvalue weighted by atomic mass is 19.4. The number of nitrogens with one attached hydrogen (secondary N) is 1. The quantitative estimate of drug-likeness (QED) is 0.663. The van der Waals surface area contributed by atoms with Gasteiger partial charge >= 0.3 is 6.18 Å². The molecule has 4 nitrogen and oxygen atoms in total. The first-order valence-electron chi connectivity index (χ1n) is 6.85. The highest BCUT2D eigenvalue weighted by Gasteiger charge is 2.41. The van der Waals surface area contributed by atoms with Gasteiger partial charge in [-0.25, -0.2) is 0 Å². The van der Waals surface area contributed by atoms with Crippen LogP contribution in [-0.4, -0.2) is 17.1 Å². The van der Waals surface area contributed by atoms with E-state index in [0.29, 0.717) is 12.8 Å². The van der Waals surface area contributed by atoms with Gasteiger partial charge in [0.2, 0.25) is 0 Å². The predicted octanol–water partition coefficient (Wildman–Crippen LogP) is 4.44. The number of nitro benzene ring substituents is 1. The van der Waals surface area contributed by atoms with Crippen molar-refractivity contribution in [1.82, 2.24) is 0 Å². The fourth-order valence-corrected chi connectivity index (χ4v) is 2.71. The lowest BCUT2D eigenvalue weighted by Crippen LogP contribution is -2.32. The number of alkyl halides is 3. The van der Waals surface area contributed by atoms with Gasteiger partial charge in [0.1, 0.15) is 0 Å². The molecule has 1 aromatic carbocycles. The Bertz CT molecular complexity index is 523. The van der Waals surface area contributed by atoms with Crippen LogP contribution < -0.4 is 5.32 Å². The number of benzene rings is 1. The van der Waals surface area contributed by atoms with Crippen LogP contribution in [0.1, 0.15) is 31.2 Å². The predicted molar refractivity (Wildman–Crippen MR) is 73.3 cm³/mol.